The summed E-state index contributed by atoms with van der Waals surface area (Å²) in [4.78, 5) is 14.2. The number of halogens is 2. The molecule has 0 spiro atoms. The van der Waals surface area contributed by atoms with Crippen molar-refractivity contribution in [2.75, 3.05) is 7.05 Å². The van der Waals surface area contributed by atoms with Crippen LogP contribution in [0.3, 0.4) is 0 Å². The minimum absolute atomic E-state index is 0.0153. The number of amides is 1. The van der Waals surface area contributed by atoms with Gasteiger partial charge in [0.25, 0.3) is 5.91 Å². The van der Waals surface area contributed by atoms with Gasteiger partial charge in [-0.3, -0.25) is 4.79 Å². The van der Waals surface area contributed by atoms with E-state index in [4.69, 9.17) is 0 Å². The van der Waals surface area contributed by atoms with Crippen molar-refractivity contribution in [3.05, 3.63) is 63.9 Å². The zero-order chi connectivity index (χ0) is 18.9. The molecule has 8 heteroatoms. The van der Waals surface area contributed by atoms with Gasteiger partial charge < -0.3 is 4.90 Å². The van der Waals surface area contributed by atoms with Crippen molar-refractivity contribution < 1.29 is 17.6 Å². The normalized spacial score (nSPS) is 14.3. The molecule has 0 heterocycles. The second kappa shape index (κ2) is 7.46. The van der Waals surface area contributed by atoms with Crippen molar-refractivity contribution in [2.45, 2.75) is 30.3 Å². The van der Waals surface area contributed by atoms with Crippen LogP contribution >= 0.6 is 15.9 Å². The topological polar surface area (TPSA) is 66.5 Å². The Labute approximate surface area is 160 Å². The molecule has 1 aliphatic rings. The third-order valence-electron chi connectivity index (χ3n) is 4.03. The van der Waals surface area contributed by atoms with E-state index in [0.29, 0.717) is 10.0 Å². The summed E-state index contributed by atoms with van der Waals surface area (Å²) in [6.07, 6.45) is 1.66. The Morgan fingerprint density at radius 3 is 2.65 bits per heavy atom. The first kappa shape index (κ1) is 19.0. The molecule has 138 valence electrons. The Balaban J connectivity index is 1.82. The smallest absolute Gasteiger partial charge is 0.255 e. The standard InChI is InChI=1S/C18H18BrFN2O3S/c1-22(11-12-3-2-4-13(20)9-12)18(23)16-10-15(7-8-17(16)19)26(24,25)21-14-5-6-14/h2-4,7-10,14,21H,5-6,11H2,1H3. The number of carbonyl (C=O) groups is 1. The summed E-state index contributed by atoms with van der Waals surface area (Å²) in [5.74, 6) is -0.728. The minimum atomic E-state index is -3.65. The van der Waals surface area contributed by atoms with Crippen molar-refractivity contribution in [3.63, 3.8) is 0 Å². The molecule has 0 atom stereocenters. The fraction of sp³-hybridized carbons (Fsp3) is 0.278. The van der Waals surface area contributed by atoms with Crippen LogP contribution in [0.2, 0.25) is 0 Å². The molecule has 0 radical (unpaired) electrons. The maximum Gasteiger partial charge on any atom is 0.255 e. The number of benzene rings is 2. The third kappa shape index (κ3) is 4.49. The van der Waals surface area contributed by atoms with Gasteiger partial charge in [0, 0.05) is 24.1 Å². The van der Waals surface area contributed by atoms with Gasteiger partial charge in [0.2, 0.25) is 10.0 Å². The van der Waals surface area contributed by atoms with Gasteiger partial charge in [0.05, 0.1) is 10.5 Å². The van der Waals surface area contributed by atoms with Crippen LogP contribution in [-0.4, -0.2) is 32.3 Å². The van der Waals surface area contributed by atoms with E-state index < -0.39 is 10.0 Å². The molecule has 2 aromatic rings. The van der Waals surface area contributed by atoms with E-state index in [2.05, 4.69) is 20.7 Å². The lowest BCUT2D eigenvalue weighted by molar-refractivity contribution is 0.0784. The molecule has 1 N–H and O–H groups in total. The highest BCUT2D eigenvalue weighted by molar-refractivity contribution is 9.10. The number of carbonyl (C=O) groups excluding carboxylic acids is 1. The molecule has 5 nitrogen and oxygen atoms in total. The number of hydrogen-bond donors (Lipinski definition) is 1. The van der Waals surface area contributed by atoms with Gasteiger partial charge >= 0.3 is 0 Å². The van der Waals surface area contributed by atoms with Crippen LogP contribution in [0.5, 0.6) is 0 Å². The van der Waals surface area contributed by atoms with Crippen LogP contribution in [0.25, 0.3) is 0 Å². The number of nitrogens with one attached hydrogen (secondary N) is 1. The summed E-state index contributed by atoms with van der Waals surface area (Å²) < 4.78 is 41.2. The molecule has 0 aromatic heterocycles. The summed E-state index contributed by atoms with van der Waals surface area (Å²) in [7, 11) is -2.06. The Bertz CT molecular complexity index is 945. The number of sulfonamides is 1. The Hall–Kier alpha value is -1.77. The van der Waals surface area contributed by atoms with Crippen molar-refractivity contribution >= 4 is 31.9 Å². The van der Waals surface area contributed by atoms with E-state index in [-0.39, 0.29) is 34.8 Å². The highest BCUT2D eigenvalue weighted by Crippen LogP contribution is 2.26. The van der Waals surface area contributed by atoms with Crippen molar-refractivity contribution in [1.29, 1.82) is 0 Å². The van der Waals surface area contributed by atoms with Crippen LogP contribution in [-0.2, 0) is 16.6 Å². The Morgan fingerprint density at radius 1 is 1.27 bits per heavy atom. The summed E-state index contributed by atoms with van der Waals surface area (Å²) in [5.41, 5.74) is 0.888. The fourth-order valence-corrected chi connectivity index (χ4v) is 4.26. The maximum absolute atomic E-state index is 13.3. The van der Waals surface area contributed by atoms with E-state index in [1.54, 1.807) is 25.2 Å². The molecule has 1 saturated carbocycles. The lowest BCUT2D eigenvalue weighted by Crippen LogP contribution is -2.28. The minimum Gasteiger partial charge on any atom is -0.337 e. The van der Waals surface area contributed by atoms with Crippen molar-refractivity contribution in [2.24, 2.45) is 0 Å². The maximum atomic E-state index is 13.3. The Kier molecular flexibility index (Phi) is 5.45. The molecular formula is C18H18BrFN2O3S. The number of hydrogen-bond acceptors (Lipinski definition) is 3. The van der Waals surface area contributed by atoms with Gasteiger partial charge in [-0.1, -0.05) is 12.1 Å². The molecule has 1 aliphatic carbocycles. The molecule has 0 bridgehead atoms. The first-order valence-electron chi connectivity index (χ1n) is 8.08. The quantitative estimate of drug-likeness (QED) is 0.748. The average Bonchev–Trinajstić information content (AvgIpc) is 3.37. The molecule has 1 fully saturated rings. The lowest BCUT2D eigenvalue weighted by atomic mass is 10.1. The monoisotopic (exact) mass is 440 g/mol. The molecule has 26 heavy (non-hydrogen) atoms. The highest BCUT2D eigenvalue weighted by atomic mass is 79.9. The summed E-state index contributed by atoms with van der Waals surface area (Å²) >= 11 is 3.30. The van der Waals surface area contributed by atoms with Gasteiger partial charge in [0.1, 0.15) is 5.82 Å². The number of rotatable bonds is 6. The second-order valence-electron chi connectivity index (χ2n) is 6.33. The molecule has 1 amide bonds. The van der Waals surface area contributed by atoms with Gasteiger partial charge in [-0.15, -0.1) is 0 Å². The first-order valence-corrected chi connectivity index (χ1v) is 10.4. The zero-order valence-electron chi connectivity index (χ0n) is 14.1. The molecule has 2 aromatic carbocycles. The molecule has 0 aliphatic heterocycles. The molecule has 0 unspecified atom stereocenters. The predicted octanol–water partition coefficient (Wildman–Crippen LogP) is 3.30. The van der Waals surface area contributed by atoms with Crippen LogP contribution in [0, 0.1) is 5.82 Å². The lowest BCUT2D eigenvalue weighted by Gasteiger charge is -2.19. The van der Waals surface area contributed by atoms with Crippen LogP contribution in [0.4, 0.5) is 4.39 Å². The van der Waals surface area contributed by atoms with E-state index in [1.165, 1.54) is 29.2 Å². The van der Waals surface area contributed by atoms with Crippen molar-refractivity contribution in [1.82, 2.24) is 9.62 Å². The third-order valence-corrected chi connectivity index (χ3v) is 6.24. The van der Waals surface area contributed by atoms with Crippen LogP contribution < -0.4 is 4.72 Å². The number of nitrogens with zero attached hydrogens (tertiary/aromatic N) is 1. The van der Waals surface area contributed by atoms with Crippen LogP contribution in [0.1, 0.15) is 28.8 Å². The summed E-state index contributed by atoms with van der Waals surface area (Å²) in [5, 5.41) is 0. The average molecular weight is 441 g/mol. The first-order chi connectivity index (χ1) is 12.3. The van der Waals surface area contributed by atoms with E-state index >= 15 is 0 Å². The van der Waals surface area contributed by atoms with E-state index in [1.807, 2.05) is 0 Å². The SMILES string of the molecule is CN(Cc1cccc(F)c1)C(=O)c1cc(S(=O)(=O)NC2CC2)ccc1Br. The summed E-state index contributed by atoms with van der Waals surface area (Å²) in [6.45, 7) is 0.209. The van der Waals surface area contributed by atoms with E-state index in [0.717, 1.165) is 12.8 Å². The van der Waals surface area contributed by atoms with Gasteiger partial charge in [-0.05, 0) is 64.7 Å². The van der Waals surface area contributed by atoms with Gasteiger partial charge in [-0.2, -0.15) is 0 Å². The van der Waals surface area contributed by atoms with Crippen molar-refractivity contribution in [3.8, 4) is 0 Å². The highest BCUT2D eigenvalue weighted by Gasteiger charge is 2.29. The predicted molar refractivity (Wildman–Crippen MR) is 99.7 cm³/mol. The zero-order valence-corrected chi connectivity index (χ0v) is 16.5. The van der Waals surface area contributed by atoms with Gasteiger partial charge in [0.15, 0.2) is 0 Å². The summed E-state index contributed by atoms with van der Waals surface area (Å²) in [6, 6.07) is 10.3. The molecular weight excluding hydrogens is 423 g/mol. The Morgan fingerprint density at radius 2 is 2.00 bits per heavy atom. The van der Waals surface area contributed by atoms with Gasteiger partial charge in [-0.25, -0.2) is 17.5 Å². The largest absolute Gasteiger partial charge is 0.337 e. The van der Waals surface area contributed by atoms with E-state index in [9.17, 15) is 17.6 Å². The fourth-order valence-electron chi connectivity index (χ4n) is 2.51. The second-order valence-corrected chi connectivity index (χ2v) is 8.90. The molecule has 0 saturated heterocycles. The van der Waals surface area contributed by atoms with Crippen LogP contribution in [0.15, 0.2) is 51.8 Å². The molecule has 3 rings (SSSR count).